The molecule has 2 aromatic carbocycles. The van der Waals surface area contributed by atoms with Crippen LogP contribution < -0.4 is 0 Å². The minimum absolute atomic E-state index is 0.327. The number of aromatic carboxylic acids is 1. The summed E-state index contributed by atoms with van der Waals surface area (Å²) in [6.07, 6.45) is 5.55. The Bertz CT molecular complexity index is 826. The fourth-order valence-corrected chi connectivity index (χ4v) is 2.92. The highest BCUT2D eigenvalue weighted by molar-refractivity contribution is 5.87. The van der Waals surface area contributed by atoms with Crippen LogP contribution in [0.2, 0.25) is 0 Å². The number of pyridine rings is 1. The number of aryl methyl sites for hydroxylation is 4. The minimum Gasteiger partial charge on any atom is -0.478 e. The SMILES string of the molecule is O=C(O)c1ccc(CCc2cccnc2CCc2ccccc2)cc1. The summed E-state index contributed by atoms with van der Waals surface area (Å²) in [7, 11) is 0. The zero-order chi connectivity index (χ0) is 17.5. The monoisotopic (exact) mass is 331 g/mol. The molecular weight excluding hydrogens is 310 g/mol. The van der Waals surface area contributed by atoms with Gasteiger partial charge in [0.2, 0.25) is 0 Å². The van der Waals surface area contributed by atoms with Gasteiger partial charge >= 0.3 is 5.97 Å². The largest absolute Gasteiger partial charge is 0.478 e. The highest BCUT2D eigenvalue weighted by atomic mass is 16.4. The maximum atomic E-state index is 10.9. The third kappa shape index (κ3) is 4.77. The molecule has 0 unspecified atom stereocenters. The second-order valence-electron chi connectivity index (χ2n) is 6.10. The van der Waals surface area contributed by atoms with Gasteiger partial charge in [-0.25, -0.2) is 4.79 Å². The normalized spacial score (nSPS) is 10.6. The second kappa shape index (κ2) is 8.25. The van der Waals surface area contributed by atoms with E-state index in [1.807, 2.05) is 30.5 Å². The number of nitrogens with zero attached hydrogens (tertiary/aromatic N) is 1. The lowest BCUT2D eigenvalue weighted by molar-refractivity contribution is 0.0697. The first-order valence-electron chi connectivity index (χ1n) is 8.51. The van der Waals surface area contributed by atoms with Crippen molar-refractivity contribution in [3.63, 3.8) is 0 Å². The first kappa shape index (κ1) is 16.9. The fourth-order valence-electron chi connectivity index (χ4n) is 2.92. The zero-order valence-electron chi connectivity index (χ0n) is 14.1. The van der Waals surface area contributed by atoms with Crippen LogP contribution in [0.5, 0.6) is 0 Å². The number of carboxylic acid groups (broad SMARTS) is 1. The van der Waals surface area contributed by atoms with Gasteiger partial charge in [0.15, 0.2) is 0 Å². The molecule has 3 heteroatoms. The van der Waals surface area contributed by atoms with Crippen LogP contribution in [-0.4, -0.2) is 16.1 Å². The van der Waals surface area contributed by atoms with Crippen LogP contribution in [-0.2, 0) is 25.7 Å². The molecule has 0 fully saturated rings. The summed E-state index contributed by atoms with van der Waals surface area (Å²) in [6.45, 7) is 0. The number of aromatic nitrogens is 1. The van der Waals surface area contributed by atoms with Crippen molar-refractivity contribution < 1.29 is 9.90 Å². The van der Waals surface area contributed by atoms with Crippen molar-refractivity contribution in [1.29, 1.82) is 0 Å². The van der Waals surface area contributed by atoms with Gasteiger partial charge in [0.05, 0.1) is 5.56 Å². The van der Waals surface area contributed by atoms with E-state index in [1.54, 1.807) is 12.1 Å². The van der Waals surface area contributed by atoms with Crippen molar-refractivity contribution in [2.45, 2.75) is 25.7 Å². The van der Waals surface area contributed by atoms with E-state index in [1.165, 1.54) is 11.1 Å². The van der Waals surface area contributed by atoms with E-state index in [-0.39, 0.29) is 0 Å². The van der Waals surface area contributed by atoms with Crippen LogP contribution in [0.3, 0.4) is 0 Å². The summed E-state index contributed by atoms with van der Waals surface area (Å²) in [6, 6.07) is 21.7. The zero-order valence-corrected chi connectivity index (χ0v) is 14.1. The first-order chi connectivity index (χ1) is 12.2. The second-order valence-corrected chi connectivity index (χ2v) is 6.10. The lowest BCUT2D eigenvalue weighted by Gasteiger charge is -2.09. The number of hydrogen-bond acceptors (Lipinski definition) is 2. The molecule has 0 radical (unpaired) electrons. The average Bonchev–Trinajstić information content (AvgIpc) is 2.66. The molecular formula is C22H21NO2. The molecule has 0 aliphatic heterocycles. The molecule has 0 aliphatic carbocycles. The van der Waals surface area contributed by atoms with Crippen LogP contribution in [0.15, 0.2) is 72.9 Å². The van der Waals surface area contributed by atoms with Gasteiger partial charge in [-0.05, 0) is 60.6 Å². The van der Waals surface area contributed by atoms with E-state index in [0.717, 1.165) is 36.9 Å². The summed E-state index contributed by atoms with van der Waals surface area (Å²) in [5.74, 6) is -0.887. The summed E-state index contributed by atoms with van der Waals surface area (Å²) < 4.78 is 0. The predicted molar refractivity (Wildman–Crippen MR) is 98.9 cm³/mol. The molecule has 3 rings (SSSR count). The Hall–Kier alpha value is -2.94. The quantitative estimate of drug-likeness (QED) is 0.700. The molecule has 0 bridgehead atoms. The summed E-state index contributed by atoms with van der Waals surface area (Å²) in [4.78, 5) is 15.5. The van der Waals surface area contributed by atoms with Gasteiger partial charge < -0.3 is 5.11 Å². The van der Waals surface area contributed by atoms with Crippen molar-refractivity contribution in [2.75, 3.05) is 0 Å². The Balaban J connectivity index is 1.63. The van der Waals surface area contributed by atoms with E-state index >= 15 is 0 Å². The Labute approximate surface area is 148 Å². The highest BCUT2D eigenvalue weighted by Crippen LogP contribution is 2.14. The van der Waals surface area contributed by atoms with Gasteiger partial charge in [-0.1, -0.05) is 48.5 Å². The van der Waals surface area contributed by atoms with Crippen LogP contribution in [0.1, 0.15) is 32.7 Å². The Morgan fingerprint density at radius 2 is 1.44 bits per heavy atom. The summed E-state index contributed by atoms with van der Waals surface area (Å²) in [5, 5.41) is 8.96. The van der Waals surface area contributed by atoms with Crippen molar-refractivity contribution >= 4 is 5.97 Å². The molecule has 1 aromatic heterocycles. The van der Waals surface area contributed by atoms with E-state index < -0.39 is 5.97 Å². The molecule has 3 aromatic rings. The third-order valence-electron chi connectivity index (χ3n) is 4.36. The molecule has 0 spiro atoms. The Morgan fingerprint density at radius 1 is 0.760 bits per heavy atom. The topological polar surface area (TPSA) is 50.2 Å². The fraction of sp³-hybridized carbons (Fsp3) is 0.182. The van der Waals surface area contributed by atoms with Gasteiger partial charge in [0, 0.05) is 11.9 Å². The maximum Gasteiger partial charge on any atom is 0.335 e. The minimum atomic E-state index is -0.887. The van der Waals surface area contributed by atoms with Crippen molar-refractivity contribution in [3.8, 4) is 0 Å². The summed E-state index contributed by atoms with van der Waals surface area (Å²) in [5.41, 5.74) is 5.20. The van der Waals surface area contributed by atoms with Crippen molar-refractivity contribution in [1.82, 2.24) is 4.98 Å². The van der Waals surface area contributed by atoms with E-state index in [0.29, 0.717) is 5.56 Å². The molecule has 0 aliphatic rings. The van der Waals surface area contributed by atoms with Gasteiger partial charge in [-0.3, -0.25) is 4.98 Å². The standard InChI is InChI=1S/C22H21NO2/c24-22(25)20-13-9-18(10-14-20)8-12-19-7-4-16-23-21(19)15-11-17-5-2-1-3-6-17/h1-7,9-10,13-14,16H,8,11-12,15H2,(H,24,25). The summed E-state index contributed by atoms with van der Waals surface area (Å²) >= 11 is 0. The number of hydrogen-bond donors (Lipinski definition) is 1. The lowest BCUT2D eigenvalue weighted by atomic mass is 9.99. The highest BCUT2D eigenvalue weighted by Gasteiger charge is 2.06. The molecule has 0 saturated carbocycles. The van der Waals surface area contributed by atoms with Gasteiger partial charge in [-0.2, -0.15) is 0 Å². The van der Waals surface area contributed by atoms with E-state index in [9.17, 15) is 4.79 Å². The Morgan fingerprint density at radius 3 is 2.16 bits per heavy atom. The van der Waals surface area contributed by atoms with Crippen LogP contribution in [0, 0.1) is 0 Å². The molecule has 1 heterocycles. The first-order valence-corrected chi connectivity index (χ1v) is 8.51. The Kier molecular flexibility index (Phi) is 5.57. The van der Waals surface area contributed by atoms with Crippen molar-refractivity contribution in [3.05, 3.63) is 101 Å². The predicted octanol–water partition coefficient (Wildman–Crippen LogP) is 4.35. The van der Waals surface area contributed by atoms with Gasteiger partial charge in [-0.15, -0.1) is 0 Å². The van der Waals surface area contributed by atoms with Crippen LogP contribution >= 0.6 is 0 Å². The van der Waals surface area contributed by atoms with Gasteiger partial charge in [0.1, 0.15) is 0 Å². The lowest BCUT2D eigenvalue weighted by Crippen LogP contribution is -2.02. The smallest absolute Gasteiger partial charge is 0.335 e. The number of carboxylic acids is 1. The number of benzene rings is 2. The third-order valence-corrected chi connectivity index (χ3v) is 4.36. The molecule has 3 nitrogen and oxygen atoms in total. The molecule has 0 saturated heterocycles. The molecule has 126 valence electrons. The number of rotatable bonds is 7. The number of carbonyl (C=O) groups is 1. The molecule has 1 N–H and O–H groups in total. The molecule has 25 heavy (non-hydrogen) atoms. The van der Waals surface area contributed by atoms with Crippen LogP contribution in [0.4, 0.5) is 0 Å². The molecule has 0 atom stereocenters. The van der Waals surface area contributed by atoms with Crippen molar-refractivity contribution in [2.24, 2.45) is 0 Å². The molecule has 0 amide bonds. The average molecular weight is 331 g/mol. The van der Waals surface area contributed by atoms with Gasteiger partial charge in [0.25, 0.3) is 0 Å². The van der Waals surface area contributed by atoms with Crippen LogP contribution in [0.25, 0.3) is 0 Å². The maximum absolute atomic E-state index is 10.9. The van der Waals surface area contributed by atoms with E-state index in [2.05, 4.69) is 35.3 Å². The van der Waals surface area contributed by atoms with E-state index in [4.69, 9.17) is 5.11 Å².